The van der Waals surface area contributed by atoms with Crippen LogP contribution in [0, 0.1) is 5.92 Å². The lowest BCUT2D eigenvalue weighted by atomic mass is 9.93. The Labute approximate surface area is 333 Å². The van der Waals surface area contributed by atoms with Crippen LogP contribution < -0.4 is 5.32 Å². The third-order valence-electron chi connectivity index (χ3n) is 11.0. The molecule has 3 nitrogen and oxygen atoms in total. The van der Waals surface area contributed by atoms with Gasteiger partial charge in [-0.05, 0) is 110 Å². The Bertz CT molecular complexity index is 809. The highest BCUT2D eigenvalue weighted by atomic mass is 16.2. The van der Waals surface area contributed by atoms with Crippen LogP contribution in [-0.2, 0) is 4.79 Å². The minimum Gasteiger partial charge on any atom is -0.339 e. The Morgan fingerprint density at radius 3 is 1.26 bits per heavy atom. The lowest BCUT2D eigenvalue weighted by Crippen LogP contribution is -2.44. The summed E-state index contributed by atoms with van der Waals surface area (Å²) in [5, 5.41) is 3.34. The summed E-state index contributed by atoms with van der Waals surface area (Å²) in [4.78, 5) is 16.5. The van der Waals surface area contributed by atoms with E-state index in [9.17, 15) is 4.79 Å². The molecule has 0 aliphatic heterocycles. The van der Waals surface area contributed by atoms with E-state index in [4.69, 9.17) is 0 Å². The molecule has 0 aromatic heterocycles. The molecule has 0 heterocycles. The molecule has 310 valence electrons. The molecule has 53 heavy (non-hydrogen) atoms. The minimum absolute atomic E-state index is 0.199. The maximum absolute atomic E-state index is 14.1. The molecule has 0 aromatic carbocycles. The van der Waals surface area contributed by atoms with Crippen molar-refractivity contribution in [2.75, 3.05) is 20.1 Å². The number of hydrogen-bond donors (Lipinski definition) is 1. The van der Waals surface area contributed by atoms with Crippen LogP contribution in [-0.4, -0.2) is 37.0 Å². The van der Waals surface area contributed by atoms with E-state index in [1.54, 1.807) is 0 Å². The van der Waals surface area contributed by atoms with E-state index in [1.165, 1.54) is 173 Å². The molecule has 1 N–H and O–H groups in total. The van der Waals surface area contributed by atoms with Crippen LogP contribution in [0.2, 0.25) is 0 Å². The van der Waals surface area contributed by atoms with Gasteiger partial charge in [-0.3, -0.25) is 4.79 Å². The van der Waals surface area contributed by atoms with Gasteiger partial charge >= 0.3 is 0 Å². The highest BCUT2D eigenvalue weighted by Gasteiger charge is 2.28. The molecule has 1 unspecified atom stereocenters. The fourth-order valence-electron chi connectivity index (χ4n) is 7.47. The smallest absolute Gasteiger partial charge is 0.225 e. The second-order valence-corrected chi connectivity index (χ2v) is 16.0. The lowest BCUT2D eigenvalue weighted by Gasteiger charge is -2.35. The Balaban J connectivity index is 4.77. The number of hydrogen-bond acceptors (Lipinski definition) is 2. The first-order valence-corrected chi connectivity index (χ1v) is 23.7. The first-order chi connectivity index (χ1) is 26.2. The maximum Gasteiger partial charge on any atom is 0.225 e. The number of allylic oxidation sites excluding steroid dienone is 8. The van der Waals surface area contributed by atoms with Crippen LogP contribution in [0.3, 0.4) is 0 Å². The van der Waals surface area contributed by atoms with Gasteiger partial charge in [-0.15, -0.1) is 0 Å². The standard InChI is InChI=1S/C50H94N2O/c1-6-10-13-15-17-19-21-23-25-27-29-31-33-35-37-40-44-49(52(47-42-46-51-5)50(53)48(9-4)43-39-12-8-3)45-41-38-36-34-32-30-28-26-24-22-20-18-16-14-11-7-2/h17-20,23-26,48-49,51H,6-16,21-22,27-47H2,1-5H3/b19-17-,20-18-,25-23-,26-24-. The monoisotopic (exact) mass is 739 g/mol. The van der Waals surface area contributed by atoms with Crippen LogP contribution in [0.15, 0.2) is 48.6 Å². The van der Waals surface area contributed by atoms with Crippen molar-refractivity contribution < 1.29 is 4.79 Å². The quantitative estimate of drug-likeness (QED) is 0.0500. The van der Waals surface area contributed by atoms with Gasteiger partial charge in [0.05, 0.1) is 0 Å². The lowest BCUT2D eigenvalue weighted by molar-refractivity contribution is -0.138. The van der Waals surface area contributed by atoms with Crippen LogP contribution in [0.5, 0.6) is 0 Å². The molecular weight excluding hydrogens is 645 g/mol. The zero-order chi connectivity index (χ0) is 38.7. The van der Waals surface area contributed by atoms with E-state index < -0.39 is 0 Å². The predicted molar refractivity (Wildman–Crippen MR) is 240 cm³/mol. The highest BCUT2D eigenvalue weighted by molar-refractivity contribution is 5.79. The largest absolute Gasteiger partial charge is 0.339 e. The van der Waals surface area contributed by atoms with Gasteiger partial charge in [0.15, 0.2) is 0 Å². The van der Waals surface area contributed by atoms with E-state index >= 15 is 0 Å². The fraction of sp³-hybridized carbons (Fsp3) is 0.820. The van der Waals surface area contributed by atoms with Gasteiger partial charge in [-0.2, -0.15) is 0 Å². The topological polar surface area (TPSA) is 32.3 Å². The van der Waals surface area contributed by atoms with Gasteiger partial charge in [0, 0.05) is 18.5 Å². The third kappa shape index (κ3) is 34.6. The summed E-state index contributed by atoms with van der Waals surface area (Å²) in [6.45, 7) is 10.9. The Kier molecular flexibility index (Phi) is 41.8. The van der Waals surface area contributed by atoms with Gasteiger partial charge in [0.1, 0.15) is 0 Å². The van der Waals surface area contributed by atoms with Gasteiger partial charge in [-0.25, -0.2) is 0 Å². The molecule has 0 aliphatic rings. The summed E-state index contributed by atoms with van der Waals surface area (Å²) < 4.78 is 0. The van der Waals surface area contributed by atoms with E-state index in [0.717, 1.165) is 45.2 Å². The van der Waals surface area contributed by atoms with Crippen molar-refractivity contribution in [2.45, 2.75) is 239 Å². The van der Waals surface area contributed by atoms with Gasteiger partial charge in [0.25, 0.3) is 0 Å². The zero-order valence-electron chi connectivity index (χ0n) is 36.7. The van der Waals surface area contributed by atoms with Crippen LogP contribution >= 0.6 is 0 Å². The number of carbonyl (C=O) groups excluding carboxylic acids is 1. The number of nitrogens with one attached hydrogen (secondary N) is 1. The Morgan fingerprint density at radius 2 is 0.849 bits per heavy atom. The van der Waals surface area contributed by atoms with Crippen molar-refractivity contribution >= 4 is 5.91 Å². The number of nitrogens with zero attached hydrogens (tertiary/aromatic N) is 1. The molecule has 0 bridgehead atoms. The van der Waals surface area contributed by atoms with Gasteiger partial charge in [-0.1, -0.05) is 185 Å². The molecule has 0 spiro atoms. The predicted octanol–water partition coefficient (Wildman–Crippen LogP) is 15.8. The van der Waals surface area contributed by atoms with Crippen molar-refractivity contribution in [3.8, 4) is 0 Å². The molecule has 1 amide bonds. The summed E-state index contributed by atoms with van der Waals surface area (Å²) in [5.41, 5.74) is 0. The first kappa shape index (κ1) is 51.4. The third-order valence-corrected chi connectivity index (χ3v) is 11.0. The number of carbonyl (C=O) groups is 1. The molecule has 0 aliphatic carbocycles. The molecule has 3 heteroatoms. The maximum atomic E-state index is 14.1. The van der Waals surface area contributed by atoms with Gasteiger partial charge in [0.2, 0.25) is 5.91 Å². The van der Waals surface area contributed by atoms with Crippen molar-refractivity contribution in [1.82, 2.24) is 10.2 Å². The summed E-state index contributed by atoms with van der Waals surface area (Å²) in [7, 11) is 2.04. The molecule has 0 aromatic rings. The van der Waals surface area contributed by atoms with Gasteiger partial charge < -0.3 is 10.2 Å². The zero-order valence-corrected chi connectivity index (χ0v) is 36.7. The SMILES string of the molecule is CCCCC/C=C\C/C=C\CCCCCCCCC(CCCCCCCC/C=C\C/C=C\CCCCC)N(CCCNC)C(=O)C(CC)CCCCC. The van der Waals surface area contributed by atoms with Crippen LogP contribution in [0.4, 0.5) is 0 Å². The molecule has 0 radical (unpaired) electrons. The first-order valence-electron chi connectivity index (χ1n) is 23.7. The van der Waals surface area contributed by atoms with E-state index in [1.807, 2.05) is 7.05 Å². The highest BCUT2D eigenvalue weighted by Crippen LogP contribution is 2.24. The second kappa shape index (κ2) is 43.1. The van der Waals surface area contributed by atoms with Crippen molar-refractivity contribution in [2.24, 2.45) is 5.92 Å². The summed E-state index contributed by atoms with van der Waals surface area (Å²) >= 11 is 0. The average Bonchev–Trinajstić information content (AvgIpc) is 3.17. The van der Waals surface area contributed by atoms with E-state index in [0.29, 0.717) is 11.9 Å². The number of rotatable bonds is 41. The van der Waals surface area contributed by atoms with E-state index in [2.05, 4.69) is 86.5 Å². The summed E-state index contributed by atoms with van der Waals surface area (Å²) in [6.07, 6.45) is 58.9. The molecule has 0 rings (SSSR count). The van der Waals surface area contributed by atoms with E-state index in [-0.39, 0.29) is 5.92 Å². The molecule has 1 atom stereocenters. The molecular formula is C50H94N2O. The molecule has 0 saturated carbocycles. The summed E-state index contributed by atoms with van der Waals surface area (Å²) in [6, 6.07) is 0.413. The van der Waals surface area contributed by atoms with Crippen LogP contribution in [0.25, 0.3) is 0 Å². The fourth-order valence-corrected chi connectivity index (χ4v) is 7.47. The number of amides is 1. The van der Waals surface area contributed by atoms with Crippen molar-refractivity contribution in [3.63, 3.8) is 0 Å². The van der Waals surface area contributed by atoms with Crippen molar-refractivity contribution in [3.05, 3.63) is 48.6 Å². The Morgan fingerprint density at radius 1 is 0.472 bits per heavy atom. The Hall–Kier alpha value is -1.61. The second-order valence-electron chi connectivity index (χ2n) is 16.0. The molecule has 0 fully saturated rings. The van der Waals surface area contributed by atoms with Crippen LogP contribution in [0.1, 0.15) is 233 Å². The normalized spacial score (nSPS) is 12.9. The molecule has 0 saturated heterocycles. The average molecular weight is 739 g/mol. The summed E-state index contributed by atoms with van der Waals surface area (Å²) in [5.74, 6) is 0.662. The van der Waals surface area contributed by atoms with Crippen molar-refractivity contribution in [1.29, 1.82) is 0 Å². The number of unbranched alkanes of at least 4 members (excludes halogenated alkanes) is 20. The minimum atomic E-state index is 0.199.